The van der Waals surface area contributed by atoms with Crippen LogP contribution in [-0.2, 0) is 16.3 Å². The molecule has 3 rings (SSSR count). The summed E-state index contributed by atoms with van der Waals surface area (Å²) in [7, 11) is 0. The van der Waals surface area contributed by atoms with Crippen molar-refractivity contribution in [2.24, 2.45) is 0 Å². The molecule has 0 saturated heterocycles. The van der Waals surface area contributed by atoms with Gasteiger partial charge in [-0.2, -0.15) is 16.9 Å². The second-order valence-corrected chi connectivity index (χ2v) is 6.76. The maximum atomic E-state index is 12.0. The zero-order valence-electron chi connectivity index (χ0n) is 11.9. The number of nitrogens with zero attached hydrogens (tertiary/aromatic N) is 2. The first kappa shape index (κ1) is 14.5. The van der Waals surface area contributed by atoms with Crippen molar-refractivity contribution in [2.45, 2.75) is 30.7 Å². The largest absolute Gasteiger partial charge is 0.309 e. The first-order valence-corrected chi connectivity index (χ1v) is 8.36. The van der Waals surface area contributed by atoms with Crippen LogP contribution in [-0.4, -0.2) is 21.1 Å². The first-order chi connectivity index (χ1) is 10.1. The minimum atomic E-state index is -0.574. The van der Waals surface area contributed by atoms with Crippen LogP contribution in [0, 0.1) is 6.92 Å². The number of halogens is 1. The molecule has 6 heteroatoms. The summed E-state index contributed by atoms with van der Waals surface area (Å²) in [6, 6.07) is 8.06. The van der Waals surface area contributed by atoms with Crippen LogP contribution in [0.15, 0.2) is 24.3 Å². The summed E-state index contributed by atoms with van der Waals surface area (Å²) in [4.78, 5) is 12.0. The van der Waals surface area contributed by atoms with Gasteiger partial charge in [-0.05, 0) is 31.5 Å². The van der Waals surface area contributed by atoms with Crippen LogP contribution in [0.1, 0.15) is 23.7 Å². The topological polar surface area (TPSA) is 46.9 Å². The molecule has 110 valence electrons. The van der Waals surface area contributed by atoms with E-state index in [2.05, 4.69) is 16.5 Å². The number of aryl methyl sites for hydroxylation is 1. The van der Waals surface area contributed by atoms with Crippen molar-refractivity contribution in [1.29, 1.82) is 0 Å². The van der Waals surface area contributed by atoms with Crippen LogP contribution in [0.4, 0.5) is 5.82 Å². The summed E-state index contributed by atoms with van der Waals surface area (Å²) in [6.45, 7) is 3.70. The van der Waals surface area contributed by atoms with Gasteiger partial charge in [0.15, 0.2) is 0 Å². The lowest BCUT2D eigenvalue weighted by molar-refractivity contribution is -0.115. The molecule has 0 bridgehead atoms. The number of aromatic nitrogens is 2. The highest BCUT2D eigenvalue weighted by Gasteiger charge is 2.25. The Balaban J connectivity index is 2.06. The Labute approximate surface area is 132 Å². The summed E-state index contributed by atoms with van der Waals surface area (Å²) in [5, 5.41) is 7.00. The third-order valence-corrected chi connectivity index (χ3v) is 4.57. The lowest BCUT2D eigenvalue weighted by atomic mass is 10.2. The second-order valence-electron chi connectivity index (χ2n) is 5.12. The molecule has 0 aliphatic carbocycles. The van der Waals surface area contributed by atoms with Crippen LogP contribution in [0.2, 0.25) is 0 Å². The van der Waals surface area contributed by atoms with Crippen molar-refractivity contribution >= 4 is 35.1 Å². The number of amides is 1. The lowest BCUT2D eigenvalue weighted by Gasteiger charge is -2.12. The van der Waals surface area contributed by atoms with Gasteiger partial charge in [0.2, 0.25) is 5.91 Å². The number of carbonyl (C=O) groups is 1. The third-order valence-electron chi connectivity index (χ3n) is 3.40. The number of hydrogen-bond donors (Lipinski definition) is 1. The van der Waals surface area contributed by atoms with Gasteiger partial charge in [-0.25, -0.2) is 4.68 Å². The molecule has 1 aromatic heterocycles. The van der Waals surface area contributed by atoms with E-state index in [1.54, 1.807) is 18.7 Å². The van der Waals surface area contributed by atoms with Crippen LogP contribution in [0.25, 0.3) is 5.69 Å². The maximum Gasteiger partial charge on any atom is 0.243 e. The highest BCUT2D eigenvalue weighted by atomic mass is 35.5. The molecule has 2 aromatic rings. The molecule has 1 aromatic carbocycles. The van der Waals surface area contributed by atoms with Crippen LogP contribution in [0.3, 0.4) is 0 Å². The van der Waals surface area contributed by atoms with Crippen molar-refractivity contribution < 1.29 is 4.79 Å². The molecule has 1 aliphatic heterocycles. The Morgan fingerprint density at radius 2 is 2.29 bits per heavy atom. The van der Waals surface area contributed by atoms with E-state index >= 15 is 0 Å². The number of thioether (sulfide) groups is 1. The maximum absolute atomic E-state index is 12.0. The standard InChI is InChI=1S/C15H16ClN3OS/c1-9-4-3-5-11(6-9)19-14(17-15(20)10(2)16)12-7-21-8-13(12)18-19/h3-6,10H,7-8H2,1-2H3,(H,17,20). The summed E-state index contributed by atoms with van der Waals surface area (Å²) in [6.07, 6.45) is 0. The number of nitrogens with one attached hydrogen (secondary N) is 1. The van der Waals surface area contributed by atoms with Gasteiger partial charge < -0.3 is 5.32 Å². The molecule has 1 aliphatic rings. The third kappa shape index (κ3) is 2.80. The molecule has 2 heterocycles. The number of carbonyl (C=O) groups excluding carboxylic acids is 1. The second kappa shape index (κ2) is 5.73. The fraction of sp³-hybridized carbons (Fsp3) is 0.333. The van der Waals surface area contributed by atoms with Crippen molar-refractivity contribution in [2.75, 3.05) is 5.32 Å². The van der Waals surface area contributed by atoms with E-state index in [0.717, 1.165) is 39.8 Å². The van der Waals surface area contributed by atoms with Gasteiger partial charge in [0.05, 0.1) is 11.4 Å². The number of hydrogen-bond acceptors (Lipinski definition) is 3. The van der Waals surface area contributed by atoms with Gasteiger partial charge in [0.1, 0.15) is 11.2 Å². The zero-order valence-corrected chi connectivity index (χ0v) is 13.5. The quantitative estimate of drug-likeness (QED) is 0.880. The Hall–Kier alpha value is -1.46. The average molecular weight is 322 g/mol. The normalized spacial score (nSPS) is 14.8. The van der Waals surface area contributed by atoms with Gasteiger partial charge >= 0.3 is 0 Å². The molecule has 1 unspecified atom stereocenters. The molecular formula is C15H16ClN3OS. The summed E-state index contributed by atoms with van der Waals surface area (Å²) in [5.74, 6) is 2.30. The molecule has 1 N–H and O–H groups in total. The zero-order chi connectivity index (χ0) is 15.0. The first-order valence-electron chi connectivity index (χ1n) is 6.77. The molecule has 0 fully saturated rings. The molecule has 0 spiro atoms. The smallest absolute Gasteiger partial charge is 0.243 e. The minimum absolute atomic E-state index is 0.204. The number of anilines is 1. The number of fused-ring (bicyclic) bond motifs is 1. The van der Waals surface area contributed by atoms with Crippen molar-refractivity contribution in [3.8, 4) is 5.69 Å². The van der Waals surface area contributed by atoms with Crippen molar-refractivity contribution in [1.82, 2.24) is 9.78 Å². The van der Waals surface area contributed by atoms with E-state index in [1.165, 1.54) is 0 Å². The van der Waals surface area contributed by atoms with E-state index in [9.17, 15) is 4.79 Å². The van der Waals surface area contributed by atoms with Crippen LogP contribution >= 0.6 is 23.4 Å². The van der Waals surface area contributed by atoms with Crippen LogP contribution < -0.4 is 5.32 Å². The van der Waals surface area contributed by atoms with Crippen molar-refractivity contribution in [3.63, 3.8) is 0 Å². The molecule has 4 nitrogen and oxygen atoms in total. The van der Waals surface area contributed by atoms with Gasteiger partial charge in [-0.3, -0.25) is 4.79 Å². The molecule has 21 heavy (non-hydrogen) atoms. The highest BCUT2D eigenvalue weighted by Crippen LogP contribution is 2.36. The fourth-order valence-electron chi connectivity index (χ4n) is 2.30. The van der Waals surface area contributed by atoms with Crippen molar-refractivity contribution in [3.05, 3.63) is 41.1 Å². The van der Waals surface area contributed by atoms with Gasteiger partial charge in [-0.1, -0.05) is 12.1 Å². The monoisotopic (exact) mass is 321 g/mol. The van der Waals surface area contributed by atoms with Gasteiger partial charge in [0, 0.05) is 17.1 Å². The van der Waals surface area contributed by atoms with Crippen LogP contribution in [0.5, 0.6) is 0 Å². The highest BCUT2D eigenvalue weighted by molar-refractivity contribution is 7.98. The number of rotatable bonds is 3. The Morgan fingerprint density at radius 3 is 3.00 bits per heavy atom. The summed E-state index contributed by atoms with van der Waals surface area (Å²) < 4.78 is 1.81. The summed E-state index contributed by atoms with van der Waals surface area (Å²) in [5.41, 5.74) is 4.25. The lowest BCUT2D eigenvalue weighted by Crippen LogP contribution is -2.22. The van der Waals surface area contributed by atoms with Gasteiger partial charge in [-0.15, -0.1) is 11.6 Å². The molecule has 1 amide bonds. The molecule has 0 saturated carbocycles. The number of benzene rings is 1. The SMILES string of the molecule is Cc1cccc(-n2nc3c(c2NC(=O)C(C)Cl)CSC3)c1. The number of alkyl halides is 1. The van der Waals surface area contributed by atoms with E-state index in [-0.39, 0.29) is 5.91 Å². The Bertz CT molecular complexity index is 696. The van der Waals surface area contributed by atoms with E-state index in [0.29, 0.717) is 0 Å². The predicted octanol–water partition coefficient (Wildman–Crippen LogP) is 3.49. The summed E-state index contributed by atoms with van der Waals surface area (Å²) >= 11 is 7.68. The van der Waals surface area contributed by atoms with E-state index in [1.807, 2.05) is 29.8 Å². The molecule has 0 radical (unpaired) electrons. The Kier molecular flexibility index (Phi) is 3.95. The predicted molar refractivity (Wildman–Crippen MR) is 87.2 cm³/mol. The minimum Gasteiger partial charge on any atom is -0.309 e. The van der Waals surface area contributed by atoms with Gasteiger partial charge in [0.25, 0.3) is 0 Å². The fourth-order valence-corrected chi connectivity index (χ4v) is 3.39. The van der Waals surface area contributed by atoms with E-state index in [4.69, 9.17) is 11.6 Å². The molecule has 1 atom stereocenters. The Morgan fingerprint density at radius 1 is 1.48 bits per heavy atom. The average Bonchev–Trinajstić information content (AvgIpc) is 3.01. The van der Waals surface area contributed by atoms with E-state index < -0.39 is 5.38 Å². The molecular weight excluding hydrogens is 306 g/mol.